The average Bonchev–Trinajstić information content (AvgIpc) is 1.83. The first kappa shape index (κ1) is 7.97. The van der Waals surface area contributed by atoms with Crippen LogP contribution >= 0.6 is 25.0 Å². The van der Waals surface area contributed by atoms with Gasteiger partial charge in [-0.25, -0.2) is 4.79 Å². The smallest absolute Gasteiger partial charge is 0.362 e. The van der Waals surface area contributed by atoms with E-state index in [4.69, 9.17) is 0 Å². The van der Waals surface area contributed by atoms with Gasteiger partial charge in [-0.3, -0.25) is 0 Å². The zero-order valence-electron chi connectivity index (χ0n) is 4.29. The van der Waals surface area contributed by atoms with Crippen LogP contribution in [-0.4, -0.2) is 11.9 Å². The van der Waals surface area contributed by atoms with Crippen molar-refractivity contribution in [2.45, 2.75) is 6.92 Å². The lowest BCUT2D eigenvalue weighted by atomic mass is 11.0. The summed E-state index contributed by atoms with van der Waals surface area (Å²) in [5.74, 6) is 0.711. The summed E-state index contributed by atoms with van der Waals surface area (Å²) in [5.41, 5.74) is 0. The van der Waals surface area contributed by atoms with Gasteiger partial charge in [0, 0.05) is 18.7 Å². The van der Waals surface area contributed by atoms with Gasteiger partial charge < -0.3 is 8.37 Å². The van der Waals surface area contributed by atoms with E-state index in [0.29, 0.717) is 5.75 Å². The van der Waals surface area contributed by atoms with Crippen LogP contribution in [0.25, 0.3) is 0 Å². The van der Waals surface area contributed by atoms with Crippen molar-refractivity contribution in [2.75, 3.05) is 5.75 Å². The molecule has 0 N–H and O–H groups in total. The van der Waals surface area contributed by atoms with E-state index in [2.05, 4.69) is 21.3 Å². The second kappa shape index (κ2) is 5.11. The minimum absolute atomic E-state index is 0.711. The van der Waals surface area contributed by atoms with E-state index in [0.717, 1.165) is 12.0 Å². The van der Waals surface area contributed by atoms with Gasteiger partial charge in [0.05, 0.1) is 12.0 Å². The summed E-state index contributed by atoms with van der Waals surface area (Å²) in [7, 11) is 0. The summed E-state index contributed by atoms with van der Waals surface area (Å²) in [4.78, 5) is 10.0. The molecule has 0 saturated heterocycles. The monoisotopic (exact) mass is 154 g/mol. The van der Waals surface area contributed by atoms with E-state index in [-0.39, 0.29) is 0 Å². The summed E-state index contributed by atoms with van der Waals surface area (Å²) in [6.07, 6.45) is -0.778. The number of carbonyl (C=O) groups excluding carboxylic acids is 1. The van der Waals surface area contributed by atoms with Crippen LogP contribution in [0.1, 0.15) is 6.92 Å². The second-order valence-electron chi connectivity index (χ2n) is 0.831. The molecule has 0 aliphatic carbocycles. The molecule has 0 atom stereocenters. The third-order valence-electron chi connectivity index (χ3n) is 0.319. The second-order valence-corrected chi connectivity index (χ2v) is 1.99. The molecule has 0 bridgehead atoms. The van der Waals surface area contributed by atoms with Crippen molar-refractivity contribution in [3.8, 4) is 0 Å². The summed E-state index contributed by atoms with van der Waals surface area (Å²) in [6.45, 7) is 1.86. The van der Waals surface area contributed by atoms with Crippen molar-refractivity contribution < 1.29 is 13.2 Å². The summed E-state index contributed by atoms with van der Waals surface area (Å²) in [6, 6.07) is 0. The van der Waals surface area contributed by atoms with Crippen molar-refractivity contribution in [1.82, 2.24) is 0 Å². The molecule has 0 spiro atoms. The van der Waals surface area contributed by atoms with E-state index in [1.54, 1.807) is 0 Å². The Kier molecular flexibility index (Phi) is 5.09. The third kappa shape index (κ3) is 4.14. The summed E-state index contributed by atoms with van der Waals surface area (Å²) < 4.78 is 8.18. The van der Waals surface area contributed by atoms with E-state index in [9.17, 15) is 4.79 Å². The molecule has 0 aliphatic rings. The van der Waals surface area contributed by atoms with Gasteiger partial charge in [0.25, 0.3) is 0 Å². The van der Waals surface area contributed by atoms with E-state index in [1.807, 2.05) is 6.92 Å². The van der Waals surface area contributed by atoms with E-state index in [1.165, 1.54) is 0 Å². The zero-order valence-corrected chi connectivity index (χ0v) is 6.00. The normalized spacial score (nSPS) is 8.25. The standard InChI is InChI=1S/C3H6O3S2/c1-2-8-6-3(4)5-7/h7H,2H2,1H3. The molecule has 0 saturated carbocycles. The summed E-state index contributed by atoms with van der Waals surface area (Å²) >= 11 is 4.22. The zero-order chi connectivity index (χ0) is 6.41. The molecular weight excluding hydrogens is 148 g/mol. The molecule has 0 aromatic heterocycles. The van der Waals surface area contributed by atoms with Gasteiger partial charge >= 0.3 is 6.16 Å². The molecule has 0 radical (unpaired) electrons. The average molecular weight is 154 g/mol. The maximum absolute atomic E-state index is 10.0. The molecule has 0 fully saturated rings. The Morgan fingerprint density at radius 3 is 2.88 bits per heavy atom. The van der Waals surface area contributed by atoms with Crippen molar-refractivity contribution in [3.63, 3.8) is 0 Å². The lowest BCUT2D eigenvalue weighted by Crippen LogP contribution is -1.93. The van der Waals surface area contributed by atoms with Gasteiger partial charge in [-0.15, -0.1) is 0 Å². The fourth-order valence-electron chi connectivity index (χ4n) is 0.122. The Bertz CT molecular complexity index is 74.9. The fourth-order valence-corrected chi connectivity index (χ4v) is 0.458. The van der Waals surface area contributed by atoms with E-state index < -0.39 is 6.16 Å². The Morgan fingerprint density at radius 1 is 1.88 bits per heavy atom. The maximum Gasteiger partial charge on any atom is 0.533 e. The molecule has 8 heavy (non-hydrogen) atoms. The quantitative estimate of drug-likeness (QED) is 0.484. The summed E-state index contributed by atoms with van der Waals surface area (Å²) in [5, 5.41) is 0. The lowest BCUT2D eigenvalue weighted by molar-refractivity contribution is 0.170. The van der Waals surface area contributed by atoms with Crippen molar-refractivity contribution in [2.24, 2.45) is 0 Å². The number of hydrogen-bond donors (Lipinski definition) is 1. The van der Waals surface area contributed by atoms with Gasteiger partial charge in [-0.2, -0.15) is 0 Å². The van der Waals surface area contributed by atoms with E-state index >= 15 is 0 Å². The molecule has 5 heteroatoms. The van der Waals surface area contributed by atoms with Crippen LogP contribution in [-0.2, 0) is 8.37 Å². The molecule has 0 aliphatic heterocycles. The Balaban J connectivity index is 2.99. The number of thiol groups is 1. The largest absolute Gasteiger partial charge is 0.533 e. The van der Waals surface area contributed by atoms with Crippen LogP contribution in [0.5, 0.6) is 0 Å². The van der Waals surface area contributed by atoms with Gasteiger partial charge in [0.15, 0.2) is 0 Å². The van der Waals surface area contributed by atoms with Gasteiger partial charge in [0.2, 0.25) is 0 Å². The highest BCUT2D eigenvalue weighted by Gasteiger charge is 1.98. The molecule has 0 rings (SSSR count). The van der Waals surface area contributed by atoms with Crippen LogP contribution in [0.4, 0.5) is 4.79 Å². The van der Waals surface area contributed by atoms with Crippen LogP contribution < -0.4 is 0 Å². The minimum atomic E-state index is -0.778. The maximum atomic E-state index is 10.0. The molecular formula is C3H6O3S2. The molecule has 0 aromatic carbocycles. The SMILES string of the molecule is CCSOC(=O)OS. The van der Waals surface area contributed by atoms with Gasteiger partial charge in [-0.05, 0) is 0 Å². The van der Waals surface area contributed by atoms with Crippen LogP contribution in [0.2, 0.25) is 0 Å². The fraction of sp³-hybridized carbons (Fsp3) is 0.667. The first-order valence-corrected chi connectivity index (χ1v) is 3.23. The predicted molar refractivity (Wildman–Crippen MR) is 34.7 cm³/mol. The molecule has 0 heterocycles. The lowest BCUT2D eigenvalue weighted by Gasteiger charge is -1.93. The highest BCUT2D eigenvalue weighted by molar-refractivity contribution is 7.95. The van der Waals surface area contributed by atoms with Crippen LogP contribution in [0, 0.1) is 0 Å². The van der Waals surface area contributed by atoms with Crippen molar-refractivity contribution in [3.05, 3.63) is 0 Å². The molecule has 0 aromatic rings. The first-order valence-electron chi connectivity index (χ1n) is 1.96. The molecule has 0 amide bonds. The van der Waals surface area contributed by atoms with Crippen LogP contribution in [0.3, 0.4) is 0 Å². The Morgan fingerprint density at radius 2 is 2.50 bits per heavy atom. The number of hydrogen-bond acceptors (Lipinski definition) is 5. The topological polar surface area (TPSA) is 35.5 Å². The molecule has 48 valence electrons. The molecule has 0 unspecified atom stereocenters. The van der Waals surface area contributed by atoms with Crippen molar-refractivity contribution in [1.29, 1.82) is 0 Å². The predicted octanol–water partition coefficient (Wildman–Crippen LogP) is 1.65. The van der Waals surface area contributed by atoms with Crippen molar-refractivity contribution >= 4 is 31.1 Å². The highest BCUT2D eigenvalue weighted by atomic mass is 32.2. The number of rotatable bonds is 2. The Hall–Kier alpha value is -0.0300. The number of carbonyl (C=O) groups is 1. The van der Waals surface area contributed by atoms with Crippen LogP contribution in [0.15, 0.2) is 0 Å². The Labute approximate surface area is 57.6 Å². The first-order chi connectivity index (χ1) is 3.81. The van der Waals surface area contributed by atoms with Gasteiger partial charge in [0.1, 0.15) is 0 Å². The minimum Gasteiger partial charge on any atom is -0.362 e. The molecule has 3 nitrogen and oxygen atoms in total. The third-order valence-corrected chi connectivity index (χ3v) is 0.958. The van der Waals surface area contributed by atoms with Gasteiger partial charge in [-0.1, -0.05) is 6.92 Å². The highest BCUT2D eigenvalue weighted by Crippen LogP contribution is 2.02.